The van der Waals surface area contributed by atoms with Crippen molar-refractivity contribution in [3.63, 3.8) is 0 Å². The summed E-state index contributed by atoms with van der Waals surface area (Å²) in [6.07, 6.45) is 1.13. The molecule has 0 unspecified atom stereocenters. The third-order valence-electron chi connectivity index (χ3n) is 1.52. The van der Waals surface area contributed by atoms with Gasteiger partial charge in [-0.25, -0.2) is 14.4 Å². The van der Waals surface area contributed by atoms with Crippen LogP contribution in [0.3, 0.4) is 0 Å². The maximum absolute atomic E-state index is 13.3. The van der Waals surface area contributed by atoms with Gasteiger partial charge in [0.05, 0.1) is 15.4 Å². The first-order chi connectivity index (χ1) is 6.66. The number of nitrogens with zero attached hydrogens (tertiary/aromatic N) is 2. The second-order valence-corrected chi connectivity index (χ2v) is 4.86. The van der Waals surface area contributed by atoms with Crippen molar-refractivity contribution in [1.82, 2.24) is 9.97 Å². The lowest BCUT2D eigenvalue weighted by Gasteiger charge is -1.98. The van der Waals surface area contributed by atoms with Gasteiger partial charge < -0.3 is 0 Å². The third kappa shape index (κ3) is 1.94. The van der Waals surface area contributed by atoms with Crippen LogP contribution in [0.2, 0.25) is 4.34 Å². The molecule has 14 heavy (non-hydrogen) atoms. The SMILES string of the molecule is Fc1cnc(Br)nc1-c1ccc(Cl)s1. The Morgan fingerprint density at radius 1 is 1.43 bits per heavy atom. The van der Waals surface area contributed by atoms with Gasteiger partial charge in [0.25, 0.3) is 0 Å². The van der Waals surface area contributed by atoms with Crippen LogP contribution >= 0.6 is 38.9 Å². The summed E-state index contributed by atoms with van der Waals surface area (Å²) >= 11 is 10.1. The molecular formula is C8H3BrClFN2S. The fourth-order valence-corrected chi connectivity index (χ4v) is 2.27. The molecule has 0 aliphatic carbocycles. The highest BCUT2D eigenvalue weighted by Crippen LogP contribution is 2.31. The van der Waals surface area contributed by atoms with Crippen LogP contribution in [0.5, 0.6) is 0 Å². The average Bonchev–Trinajstić information content (AvgIpc) is 2.56. The highest BCUT2D eigenvalue weighted by molar-refractivity contribution is 9.10. The van der Waals surface area contributed by atoms with Crippen molar-refractivity contribution >= 4 is 38.9 Å². The number of hydrogen-bond donors (Lipinski definition) is 0. The maximum atomic E-state index is 13.3. The topological polar surface area (TPSA) is 25.8 Å². The van der Waals surface area contributed by atoms with Gasteiger partial charge in [-0.15, -0.1) is 11.3 Å². The van der Waals surface area contributed by atoms with Crippen LogP contribution < -0.4 is 0 Å². The van der Waals surface area contributed by atoms with E-state index in [1.54, 1.807) is 12.1 Å². The average molecular weight is 294 g/mol. The molecule has 0 aliphatic rings. The monoisotopic (exact) mass is 292 g/mol. The minimum Gasteiger partial charge on any atom is -0.228 e. The van der Waals surface area contributed by atoms with Crippen molar-refractivity contribution in [3.05, 3.63) is 33.2 Å². The van der Waals surface area contributed by atoms with Crippen molar-refractivity contribution in [3.8, 4) is 10.6 Å². The fourth-order valence-electron chi connectivity index (χ4n) is 0.960. The van der Waals surface area contributed by atoms with Gasteiger partial charge in [-0.1, -0.05) is 11.6 Å². The lowest BCUT2D eigenvalue weighted by atomic mass is 10.3. The standard InChI is InChI=1S/C8H3BrClFN2S/c9-8-12-3-4(11)7(13-8)5-1-2-6(10)14-5/h1-3H. The molecule has 0 aromatic carbocycles. The molecule has 2 nitrogen and oxygen atoms in total. The molecular weight excluding hydrogens is 291 g/mol. The second kappa shape index (κ2) is 3.92. The Kier molecular flexibility index (Phi) is 2.80. The van der Waals surface area contributed by atoms with Gasteiger partial charge in [-0.2, -0.15) is 0 Å². The van der Waals surface area contributed by atoms with Crippen LogP contribution in [0.25, 0.3) is 10.6 Å². The normalized spacial score (nSPS) is 10.5. The van der Waals surface area contributed by atoms with E-state index in [1.807, 2.05) is 0 Å². The van der Waals surface area contributed by atoms with Crippen LogP contribution in [-0.4, -0.2) is 9.97 Å². The molecule has 0 amide bonds. The summed E-state index contributed by atoms with van der Waals surface area (Å²) in [5.74, 6) is -0.452. The number of halogens is 3. The molecule has 0 atom stereocenters. The Balaban J connectivity index is 2.55. The van der Waals surface area contributed by atoms with Crippen LogP contribution in [0.4, 0.5) is 4.39 Å². The van der Waals surface area contributed by atoms with E-state index in [1.165, 1.54) is 11.3 Å². The minimum absolute atomic E-state index is 0.267. The van der Waals surface area contributed by atoms with E-state index in [2.05, 4.69) is 25.9 Å². The molecule has 72 valence electrons. The first kappa shape index (κ1) is 10.0. The minimum atomic E-state index is -0.452. The van der Waals surface area contributed by atoms with E-state index in [0.29, 0.717) is 13.9 Å². The Bertz CT molecular complexity index is 474. The largest absolute Gasteiger partial charge is 0.228 e. The summed E-state index contributed by atoms with van der Waals surface area (Å²) in [5, 5.41) is 0. The predicted octanol–water partition coefficient (Wildman–Crippen LogP) is 3.76. The van der Waals surface area contributed by atoms with Crippen molar-refractivity contribution in [1.29, 1.82) is 0 Å². The van der Waals surface area contributed by atoms with Crippen molar-refractivity contribution in [2.45, 2.75) is 0 Å². The number of hydrogen-bond acceptors (Lipinski definition) is 3. The Morgan fingerprint density at radius 3 is 2.86 bits per heavy atom. The molecule has 2 rings (SSSR count). The van der Waals surface area contributed by atoms with E-state index in [-0.39, 0.29) is 5.69 Å². The summed E-state index contributed by atoms with van der Waals surface area (Å²) in [6, 6.07) is 3.43. The van der Waals surface area contributed by atoms with E-state index in [4.69, 9.17) is 11.6 Å². The molecule has 0 saturated carbocycles. The van der Waals surface area contributed by atoms with Crippen molar-refractivity contribution in [2.24, 2.45) is 0 Å². The van der Waals surface area contributed by atoms with Crippen LogP contribution in [0, 0.1) is 5.82 Å². The lowest BCUT2D eigenvalue weighted by molar-refractivity contribution is 0.617. The third-order valence-corrected chi connectivity index (χ3v) is 3.14. The Morgan fingerprint density at radius 2 is 2.21 bits per heavy atom. The van der Waals surface area contributed by atoms with E-state index in [9.17, 15) is 4.39 Å². The molecule has 2 aromatic rings. The van der Waals surface area contributed by atoms with Gasteiger partial charge in [0.15, 0.2) is 10.6 Å². The van der Waals surface area contributed by atoms with E-state index < -0.39 is 5.82 Å². The Hall–Kier alpha value is -0.520. The van der Waals surface area contributed by atoms with Gasteiger partial charge in [-0.05, 0) is 28.1 Å². The summed E-state index contributed by atoms with van der Waals surface area (Å²) in [4.78, 5) is 8.30. The van der Waals surface area contributed by atoms with Gasteiger partial charge in [0, 0.05) is 0 Å². The zero-order valence-electron chi connectivity index (χ0n) is 6.67. The van der Waals surface area contributed by atoms with Crippen molar-refractivity contribution < 1.29 is 4.39 Å². The fraction of sp³-hybridized carbons (Fsp3) is 0. The summed E-state index contributed by atoms with van der Waals surface area (Å²) in [6.45, 7) is 0. The predicted molar refractivity (Wildman–Crippen MR) is 58.0 cm³/mol. The van der Waals surface area contributed by atoms with Crippen LogP contribution in [-0.2, 0) is 0 Å². The van der Waals surface area contributed by atoms with Crippen LogP contribution in [0.15, 0.2) is 23.1 Å². The zero-order chi connectivity index (χ0) is 10.1. The van der Waals surface area contributed by atoms with E-state index >= 15 is 0 Å². The smallest absolute Gasteiger partial charge is 0.197 e. The van der Waals surface area contributed by atoms with Gasteiger partial charge in [0.1, 0.15) is 5.69 Å². The van der Waals surface area contributed by atoms with Crippen LogP contribution in [0.1, 0.15) is 0 Å². The summed E-state index contributed by atoms with van der Waals surface area (Å²) in [5.41, 5.74) is 0.267. The maximum Gasteiger partial charge on any atom is 0.197 e. The zero-order valence-corrected chi connectivity index (χ0v) is 9.83. The molecule has 0 N–H and O–H groups in total. The highest BCUT2D eigenvalue weighted by atomic mass is 79.9. The van der Waals surface area contributed by atoms with E-state index in [0.717, 1.165) is 6.20 Å². The van der Waals surface area contributed by atoms with Crippen molar-refractivity contribution in [2.75, 3.05) is 0 Å². The molecule has 2 aromatic heterocycles. The lowest BCUT2D eigenvalue weighted by Crippen LogP contribution is -1.90. The molecule has 6 heteroatoms. The highest BCUT2D eigenvalue weighted by Gasteiger charge is 2.10. The van der Waals surface area contributed by atoms with Gasteiger partial charge >= 0.3 is 0 Å². The number of aromatic nitrogens is 2. The molecule has 0 bridgehead atoms. The first-order valence-electron chi connectivity index (χ1n) is 3.60. The van der Waals surface area contributed by atoms with Gasteiger partial charge in [0.2, 0.25) is 0 Å². The molecule has 0 spiro atoms. The molecule has 2 heterocycles. The molecule has 0 fully saturated rings. The quantitative estimate of drug-likeness (QED) is 0.748. The molecule has 0 saturated heterocycles. The number of rotatable bonds is 1. The number of thiophene rings is 1. The van der Waals surface area contributed by atoms with Gasteiger partial charge in [-0.3, -0.25) is 0 Å². The first-order valence-corrected chi connectivity index (χ1v) is 5.59. The summed E-state index contributed by atoms with van der Waals surface area (Å²) < 4.78 is 14.2. The Labute approximate surface area is 96.9 Å². The molecule has 0 aliphatic heterocycles. The summed E-state index contributed by atoms with van der Waals surface area (Å²) in [7, 11) is 0. The second-order valence-electron chi connectivity index (χ2n) is 2.44. The molecule has 0 radical (unpaired) electrons.